The van der Waals surface area contributed by atoms with Gasteiger partial charge in [0.05, 0.1) is 0 Å². The topological polar surface area (TPSA) is 18.5 Å². The Hall–Kier alpha value is -0.123. The van der Waals surface area contributed by atoms with Crippen molar-refractivity contribution >= 4 is 9.28 Å². The highest BCUT2D eigenvalue weighted by molar-refractivity contribution is 6.48. The average Bonchev–Trinajstić information content (AvgIpc) is 2.29. The highest BCUT2D eigenvalue weighted by Crippen LogP contribution is 2.77. The van der Waals surface area contributed by atoms with Crippen molar-refractivity contribution in [1.82, 2.24) is 0 Å². The van der Waals surface area contributed by atoms with Crippen LogP contribution in [0.25, 0.3) is 0 Å². The van der Waals surface area contributed by atoms with E-state index in [9.17, 15) is 0 Å². The number of fused-ring (bicyclic) bond motifs is 1. The van der Waals surface area contributed by atoms with Crippen molar-refractivity contribution in [3.63, 3.8) is 0 Å². The van der Waals surface area contributed by atoms with Crippen molar-refractivity contribution in [1.29, 1.82) is 0 Å². The fourth-order valence-corrected chi connectivity index (χ4v) is 7.62. The molecule has 0 amide bonds. The van der Waals surface area contributed by atoms with Crippen molar-refractivity contribution in [2.24, 2.45) is 16.7 Å². The van der Waals surface area contributed by atoms with Crippen molar-refractivity contribution in [2.75, 3.05) is 14.2 Å². The molecule has 3 aliphatic carbocycles. The molecular formula is C15H28O2Si. The molecule has 3 heteroatoms. The molecule has 0 radical (unpaired) electrons. The highest BCUT2D eigenvalue weighted by atomic mass is 28.3. The lowest BCUT2D eigenvalue weighted by Gasteiger charge is -2.71. The van der Waals surface area contributed by atoms with E-state index in [1.807, 2.05) is 14.2 Å². The summed E-state index contributed by atoms with van der Waals surface area (Å²) in [4.78, 5) is 0. The SMILES string of the molecule is CO[SiH](OC)C(C)(C)C12CC(CC=C1C)C2(C)C. The van der Waals surface area contributed by atoms with Gasteiger partial charge in [0.2, 0.25) is 0 Å². The van der Waals surface area contributed by atoms with E-state index in [0.717, 1.165) is 5.92 Å². The Morgan fingerprint density at radius 3 is 2.22 bits per heavy atom. The predicted octanol–water partition coefficient (Wildman–Crippen LogP) is 3.66. The van der Waals surface area contributed by atoms with Gasteiger partial charge in [-0.05, 0) is 31.1 Å². The largest absolute Gasteiger partial charge is 0.400 e. The number of hydrogen-bond acceptors (Lipinski definition) is 2. The summed E-state index contributed by atoms with van der Waals surface area (Å²) in [6.07, 6.45) is 5.02. The van der Waals surface area contributed by atoms with Crippen LogP contribution in [0.5, 0.6) is 0 Å². The standard InChI is InChI=1S/C15H28O2Si/c1-11-8-9-12-10-15(11,13(12,2)3)14(4,5)18(16-6)17-7/h8,12,18H,9-10H2,1-7H3. The number of rotatable bonds is 4. The zero-order chi connectivity index (χ0) is 13.8. The summed E-state index contributed by atoms with van der Waals surface area (Å²) in [7, 11) is 1.95. The molecule has 18 heavy (non-hydrogen) atoms. The molecule has 1 saturated carbocycles. The minimum Gasteiger partial charge on any atom is -0.400 e. The van der Waals surface area contributed by atoms with Crippen LogP contribution in [-0.4, -0.2) is 23.5 Å². The normalized spacial score (nSPS) is 34.2. The lowest BCUT2D eigenvalue weighted by molar-refractivity contribution is -0.133. The van der Waals surface area contributed by atoms with Crippen molar-refractivity contribution in [3.8, 4) is 0 Å². The molecule has 3 aliphatic rings. The van der Waals surface area contributed by atoms with Gasteiger partial charge in [-0.3, -0.25) is 0 Å². The van der Waals surface area contributed by atoms with Crippen LogP contribution in [0.3, 0.4) is 0 Å². The van der Waals surface area contributed by atoms with E-state index in [1.54, 1.807) is 5.57 Å². The Balaban J connectivity index is 2.47. The van der Waals surface area contributed by atoms with Crippen LogP contribution in [0, 0.1) is 16.7 Å². The molecule has 0 aromatic heterocycles. The summed E-state index contributed by atoms with van der Waals surface area (Å²) in [5, 5.41) is 0.123. The number of allylic oxidation sites excluding steroid dienone is 2. The molecule has 0 saturated heterocycles. The van der Waals surface area contributed by atoms with Crippen LogP contribution in [0.4, 0.5) is 0 Å². The Kier molecular flexibility index (Phi) is 3.32. The van der Waals surface area contributed by atoms with Crippen molar-refractivity contribution in [2.45, 2.75) is 52.5 Å². The minimum absolute atomic E-state index is 0.123. The van der Waals surface area contributed by atoms with Crippen molar-refractivity contribution < 1.29 is 8.85 Å². The van der Waals surface area contributed by atoms with Gasteiger partial charge in [-0.2, -0.15) is 0 Å². The second-order valence-electron chi connectivity index (χ2n) is 7.18. The molecule has 0 heterocycles. The highest BCUT2D eigenvalue weighted by Gasteiger charge is 2.70. The first-order valence-corrected chi connectivity index (χ1v) is 8.50. The second-order valence-corrected chi connectivity index (χ2v) is 10.2. The van der Waals surface area contributed by atoms with Crippen LogP contribution >= 0.6 is 0 Å². The predicted molar refractivity (Wildman–Crippen MR) is 77.9 cm³/mol. The zero-order valence-electron chi connectivity index (χ0n) is 13.0. The number of hydrogen-bond donors (Lipinski definition) is 0. The maximum atomic E-state index is 5.74. The lowest BCUT2D eigenvalue weighted by Crippen LogP contribution is -2.65. The van der Waals surface area contributed by atoms with Gasteiger partial charge in [-0.25, -0.2) is 0 Å². The monoisotopic (exact) mass is 268 g/mol. The van der Waals surface area contributed by atoms with Gasteiger partial charge in [-0.15, -0.1) is 0 Å². The van der Waals surface area contributed by atoms with Crippen LogP contribution in [0.2, 0.25) is 5.04 Å². The molecule has 2 atom stereocenters. The van der Waals surface area contributed by atoms with E-state index in [1.165, 1.54) is 12.8 Å². The third kappa shape index (κ3) is 1.41. The Morgan fingerprint density at radius 1 is 1.28 bits per heavy atom. The average molecular weight is 268 g/mol. The van der Waals surface area contributed by atoms with Crippen LogP contribution < -0.4 is 0 Å². The van der Waals surface area contributed by atoms with E-state index < -0.39 is 9.28 Å². The van der Waals surface area contributed by atoms with E-state index in [0.29, 0.717) is 5.41 Å². The smallest absolute Gasteiger partial charge is 0.327 e. The summed E-state index contributed by atoms with van der Waals surface area (Å²) >= 11 is 0. The molecule has 104 valence electrons. The minimum atomic E-state index is -1.67. The molecule has 2 bridgehead atoms. The van der Waals surface area contributed by atoms with Gasteiger partial charge in [-0.1, -0.05) is 39.3 Å². The quantitative estimate of drug-likeness (QED) is 0.572. The molecule has 0 aromatic carbocycles. The zero-order valence-corrected chi connectivity index (χ0v) is 14.1. The third-order valence-corrected chi connectivity index (χ3v) is 8.70. The Morgan fingerprint density at radius 2 is 1.83 bits per heavy atom. The molecule has 2 unspecified atom stereocenters. The molecule has 0 aliphatic heterocycles. The maximum Gasteiger partial charge on any atom is 0.327 e. The Labute approximate surface area is 114 Å². The molecule has 3 rings (SSSR count). The molecule has 2 nitrogen and oxygen atoms in total. The van der Waals surface area contributed by atoms with Gasteiger partial charge < -0.3 is 8.85 Å². The van der Waals surface area contributed by atoms with Gasteiger partial charge >= 0.3 is 9.28 Å². The summed E-state index contributed by atoms with van der Waals surface area (Å²) in [5.41, 5.74) is 2.20. The van der Waals surface area contributed by atoms with Crippen LogP contribution in [0.15, 0.2) is 11.6 Å². The fraction of sp³-hybridized carbons (Fsp3) is 0.867. The van der Waals surface area contributed by atoms with Gasteiger partial charge in [0, 0.05) is 24.7 Å². The fourth-order valence-electron chi connectivity index (χ4n) is 5.13. The first kappa shape index (κ1) is 14.3. The summed E-state index contributed by atoms with van der Waals surface area (Å²) in [6, 6.07) is 0. The molecule has 0 aromatic rings. The molecule has 0 spiro atoms. The van der Waals surface area contributed by atoms with E-state index in [4.69, 9.17) is 8.85 Å². The second kappa shape index (κ2) is 4.19. The first-order valence-electron chi connectivity index (χ1n) is 6.98. The first-order chi connectivity index (χ1) is 8.25. The molecule has 0 N–H and O–H groups in total. The maximum absolute atomic E-state index is 5.74. The third-order valence-electron chi connectivity index (χ3n) is 6.17. The lowest BCUT2D eigenvalue weighted by atomic mass is 9.36. The van der Waals surface area contributed by atoms with E-state index in [-0.39, 0.29) is 10.5 Å². The van der Waals surface area contributed by atoms with Gasteiger partial charge in [0.1, 0.15) is 0 Å². The molecule has 1 fully saturated rings. The van der Waals surface area contributed by atoms with E-state index >= 15 is 0 Å². The Bertz CT molecular complexity index is 369. The van der Waals surface area contributed by atoms with Crippen molar-refractivity contribution in [3.05, 3.63) is 11.6 Å². The summed E-state index contributed by atoms with van der Waals surface area (Å²) < 4.78 is 11.5. The van der Waals surface area contributed by atoms with Gasteiger partial charge in [0.15, 0.2) is 0 Å². The van der Waals surface area contributed by atoms with E-state index in [2.05, 4.69) is 40.7 Å². The van der Waals surface area contributed by atoms with Crippen LogP contribution in [-0.2, 0) is 8.85 Å². The summed E-state index contributed by atoms with van der Waals surface area (Å²) in [6.45, 7) is 11.9. The van der Waals surface area contributed by atoms with Gasteiger partial charge in [0.25, 0.3) is 0 Å². The van der Waals surface area contributed by atoms with Crippen LogP contribution in [0.1, 0.15) is 47.5 Å². The summed E-state index contributed by atoms with van der Waals surface area (Å²) in [5.74, 6) is 0.837. The molecular weight excluding hydrogens is 240 g/mol.